The van der Waals surface area contributed by atoms with E-state index in [1.54, 1.807) is 17.0 Å². The van der Waals surface area contributed by atoms with Crippen LogP contribution in [0.4, 0.5) is 0 Å². The van der Waals surface area contributed by atoms with E-state index in [2.05, 4.69) is 5.32 Å². The Morgan fingerprint density at radius 3 is 2.54 bits per heavy atom. The molecule has 1 aromatic rings. The van der Waals surface area contributed by atoms with Crippen molar-refractivity contribution < 1.29 is 19.5 Å². The van der Waals surface area contributed by atoms with Gasteiger partial charge in [-0.15, -0.1) is 0 Å². The fourth-order valence-electron chi connectivity index (χ4n) is 2.99. The van der Waals surface area contributed by atoms with E-state index in [0.29, 0.717) is 25.1 Å². The number of amides is 2. The zero-order valence-corrected chi connectivity index (χ0v) is 14.3. The second kappa shape index (κ2) is 7.47. The van der Waals surface area contributed by atoms with Crippen molar-refractivity contribution in [3.05, 3.63) is 34.9 Å². The van der Waals surface area contributed by atoms with Gasteiger partial charge in [-0.3, -0.25) is 14.4 Å². The lowest BCUT2D eigenvalue weighted by Crippen LogP contribution is -2.48. The summed E-state index contributed by atoms with van der Waals surface area (Å²) in [6.45, 7) is 6.50. The smallest absolute Gasteiger partial charge is 0.306 e. The number of rotatable bonds is 4. The number of carboxylic acids is 1. The van der Waals surface area contributed by atoms with Gasteiger partial charge in [0.05, 0.1) is 12.5 Å². The molecule has 0 aromatic heterocycles. The van der Waals surface area contributed by atoms with Gasteiger partial charge in [0, 0.05) is 18.7 Å². The molecule has 0 spiro atoms. The zero-order chi connectivity index (χ0) is 17.9. The first kappa shape index (κ1) is 18.0. The Kier molecular flexibility index (Phi) is 5.59. The van der Waals surface area contributed by atoms with Crippen LogP contribution in [0.5, 0.6) is 0 Å². The average molecular weight is 332 g/mol. The molecule has 2 rings (SSSR count). The standard InChI is InChI=1S/C18H24N2O4/c1-11-4-5-14(8-12(11)2)17(22)19-9-16(21)20-7-6-15(18(23)24)13(3)10-20/h4-5,8,13,15H,6-7,9-10H2,1-3H3,(H,19,22)(H,23,24). The van der Waals surface area contributed by atoms with Gasteiger partial charge in [-0.2, -0.15) is 0 Å². The first-order chi connectivity index (χ1) is 11.3. The Bertz CT molecular complexity index is 656. The fourth-order valence-corrected chi connectivity index (χ4v) is 2.99. The van der Waals surface area contributed by atoms with Crippen molar-refractivity contribution in [1.82, 2.24) is 10.2 Å². The van der Waals surface area contributed by atoms with E-state index in [0.717, 1.165) is 11.1 Å². The van der Waals surface area contributed by atoms with Crippen LogP contribution in [0.1, 0.15) is 34.8 Å². The van der Waals surface area contributed by atoms with Gasteiger partial charge in [-0.1, -0.05) is 13.0 Å². The number of hydrogen-bond acceptors (Lipinski definition) is 3. The molecule has 0 bridgehead atoms. The second-order valence-corrected chi connectivity index (χ2v) is 6.53. The molecule has 2 atom stereocenters. The summed E-state index contributed by atoms with van der Waals surface area (Å²) >= 11 is 0. The van der Waals surface area contributed by atoms with Gasteiger partial charge >= 0.3 is 5.97 Å². The van der Waals surface area contributed by atoms with Gasteiger partial charge in [0.25, 0.3) is 5.91 Å². The lowest BCUT2D eigenvalue weighted by Gasteiger charge is -2.35. The predicted octanol–water partition coefficient (Wildman–Crippen LogP) is 1.60. The zero-order valence-electron chi connectivity index (χ0n) is 14.3. The predicted molar refractivity (Wildman–Crippen MR) is 89.7 cm³/mol. The summed E-state index contributed by atoms with van der Waals surface area (Å²) in [5.74, 6) is -1.75. The van der Waals surface area contributed by atoms with Gasteiger partial charge < -0.3 is 15.3 Å². The second-order valence-electron chi connectivity index (χ2n) is 6.53. The van der Waals surface area contributed by atoms with Crippen molar-refractivity contribution >= 4 is 17.8 Å². The Labute approximate surface area is 141 Å². The number of benzene rings is 1. The lowest BCUT2D eigenvalue weighted by atomic mass is 9.87. The molecule has 1 heterocycles. The highest BCUT2D eigenvalue weighted by atomic mass is 16.4. The number of carbonyl (C=O) groups is 3. The molecule has 0 radical (unpaired) electrons. The number of nitrogens with zero attached hydrogens (tertiary/aromatic N) is 1. The molecule has 1 fully saturated rings. The van der Waals surface area contributed by atoms with Crippen molar-refractivity contribution in [2.75, 3.05) is 19.6 Å². The summed E-state index contributed by atoms with van der Waals surface area (Å²) in [6, 6.07) is 5.42. The van der Waals surface area contributed by atoms with Gasteiger partial charge in [0.2, 0.25) is 5.91 Å². The van der Waals surface area contributed by atoms with Crippen LogP contribution in [0.25, 0.3) is 0 Å². The fraction of sp³-hybridized carbons (Fsp3) is 0.500. The summed E-state index contributed by atoms with van der Waals surface area (Å²) in [7, 11) is 0. The molecule has 1 aliphatic heterocycles. The maximum absolute atomic E-state index is 12.2. The highest BCUT2D eigenvalue weighted by Crippen LogP contribution is 2.23. The Morgan fingerprint density at radius 1 is 1.25 bits per heavy atom. The number of likely N-dealkylation sites (tertiary alicyclic amines) is 1. The van der Waals surface area contributed by atoms with E-state index in [1.807, 2.05) is 26.8 Å². The molecule has 1 saturated heterocycles. The van der Waals surface area contributed by atoms with Crippen molar-refractivity contribution in [2.24, 2.45) is 11.8 Å². The minimum atomic E-state index is -0.808. The third-order valence-electron chi connectivity index (χ3n) is 4.74. The summed E-state index contributed by atoms with van der Waals surface area (Å²) in [5.41, 5.74) is 2.67. The van der Waals surface area contributed by atoms with Crippen LogP contribution in [-0.2, 0) is 9.59 Å². The van der Waals surface area contributed by atoms with E-state index >= 15 is 0 Å². The van der Waals surface area contributed by atoms with Crippen LogP contribution in [0.2, 0.25) is 0 Å². The van der Waals surface area contributed by atoms with Gasteiger partial charge in [0.15, 0.2) is 0 Å². The Balaban J connectivity index is 1.88. The first-order valence-corrected chi connectivity index (χ1v) is 8.15. The van der Waals surface area contributed by atoms with Gasteiger partial charge in [-0.05, 0) is 49.4 Å². The number of carboxylic acid groups (broad SMARTS) is 1. The highest BCUT2D eigenvalue weighted by Gasteiger charge is 2.32. The van der Waals surface area contributed by atoms with Crippen LogP contribution in [0.3, 0.4) is 0 Å². The summed E-state index contributed by atoms with van der Waals surface area (Å²) in [5, 5.41) is 11.8. The van der Waals surface area contributed by atoms with Gasteiger partial charge in [0.1, 0.15) is 0 Å². The molecule has 130 valence electrons. The third kappa shape index (κ3) is 4.13. The van der Waals surface area contributed by atoms with Crippen molar-refractivity contribution in [1.29, 1.82) is 0 Å². The Morgan fingerprint density at radius 2 is 1.96 bits per heavy atom. The highest BCUT2D eigenvalue weighted by molar-refractivity contribution is 5.96. The molecule has 0 saturated carbocycles. The molecular formula is C18H24N2O4. The van der Waals surface area contributed by atoms with Crippen LogP contribution in [-0.4, -0.2) is 47.4 Å². The molecule has 1 aromatic carbocycles. The lowest BCUT2D eigenvalue weighted by molar-refractivity contribution is -0.148. The SMILES string of the molecule is Cc1ccc(C(=O)NCC(=O)N2CCC(C(=O)O)C(C)C2)cc1C. The van der Waals surface area contributed by atoms with Gasteiger partial charge in [-0.25, -0.2) is 0 Å². The van der Waals surface area contributed by atoms with Crippen molar-refractivity contribution in [2.45, 2.75) is 27.2 Å². The number of hydrogen-bond donors (Lipinski definition) is 2. The largest absolute Gasteiger partial charge is 0.481 e. The third-order valence-corrected chi connectivity index (χ3v) is 4.74. The molecule has 6 heteroatoms. The minimum absolute atomic E-state index is 0.0732. The van der Waals surface area contributed by atoms with E-state index in [9.17, 15) is 14.4 Å². The van der Waals surface area contributed by atoms with Crippen molar-refractivity contribution in [3.8, 4) is 0 Å². The number of aliphatic carboxylic acids is 1. The van der Waals surface area contributed by atoms with Crippen LogP contribution < -0.4 is 5.32 Å². The molecule has 6 nitrogen and oxygen atoms in total. The molecule has 2 N–H and O–H groups in total. The summed E-state index contributed by atoms with van der Waals surface area (Å²) in [6.07, 6.45) is 0.452. The molecule has 2 amide bonds. The number of carbonyl (C=O) groups excluding carboxylic acids is 2. The minimum Gasteiger partial charge on any atom is -0.481 e. The average Bonchev–Trinajstić information content (AvgIpc) is 2.54. The van der Waals surface area contributed by atoms with E-state index in [-0.39, 0.29) is 24.3 Å². The molecule has 24 heavy (non-hydrogen) atoms. The molecule has 0 aliphatic carbocycles. The van der Waals surface area contributed by atoms with E-state index in [1.165, 1.54) is 0 Å². The van der Waals surface area contributed by atoms with Crippen LogP contribution in [0, 0.1) is 25.7 Å². The maximum Gasteiger partial charge on any atom is 0.306 e. The first-order valence-electron chi connectivity index (χ1n) is 8.15. The molecular weight excluding hydrogens is 308 g/mol. The van der Waals surface area contributed by atoms with E-state index < -0.39 is 11.9 Å². The van der Waals surface area contributed by atoms with E-state index in [4.69, 9.17) is 5.11 Å². The molecule has 1 aliphatic rings. The monoisotopic (exact) mass is 332 g/mol. The summed E-state index contributed by atoms with van der Waals surface area (Å²) < 4.78 is 0. The molecule has 2 unspecified atom stereocenters. The number of aryl methyl sites for hydroxylation is 2. The normalized spacial score (nSPS) is 20.5. The Hall–Kier alpha value is -2.37. The number of nitrogens with one attached hydrogen (secondary N) is 1. The maximum atomic E-state index is 12.2. The number of piperidine rings is 1. The van der Waals surface area contributed by atoms with Crippen LogP contribution in [0.15, 0.2) is 18.2 Å². The van der Waals surface area contributed by atoms with Crippen LogP contribution >= 0.6 is 0 Å². The quantitative estimate of drug-likeness (QED) is 0.877. The van der Waals surface area contributed by atoms with Crippen molar-refractivity contribution in [3.63, 3.8) is 0 Å². The topological polar surface area (TPSA) is 86.7 Å². The summed E-state index contributed by atoms with van der Waals surface area (Å²) in [4.78, 5) is 37.1.